The highest BCUT2D eigenvalue weighted by Gasteiger charge is 2.10. The Morgan fingerprint density at radius 3 is 2.95 bits per heavy atom. The fourth-order valence-corrected chi connectivity index (χ4v) is 2.75. The molecule has 104 valence electrons. The molecule has 0 aliphatic carbocycles. The van der Waals surface area contributed by atoms with E-state index in [1.807, 2.05) is 22.5 Å². The van der Waals surface area contributed by atoms with Crippen LogP contribution in [0.25, 0.3) is 11.0 Å². The number of rotatable bonds is 3. The lowest BCUT2D eigenvalue weighted by Gasteiger charge is -2.04. The maximum Gasteiger partial charge on any atom is 0.178 e. The first-order valence-electron chi connectivity index (χ1n) is 6.48. The van der Waals surface area contributed by atoms with Gasteiger partial charge < -0.3 is 9.55 Å². The molecule has 20 heavy (non-hydrogen) atoms. The van der Waals surface area contributed by atoms with Crippen LogP contribution in [0.2, 0.25) is 0 Å². The van der Waals surface area contributed by atoms with Crippen LogP contribution in [-0.4, -0.2) is 19.3 Å². The van der Waals surface area contributed by atoms with E-state index in [0.717, 1.165) is 28.7 Å². The van der Waals surface area contributed by atoms with Crippen LogP contribution < -0.4 is 0 Å². The minimum absolute atomic E-state index is 0.267. The summed E-state index contributed by atoms with van der Waals surface area (Å²) in [5.74, 6) is -0.267. The first-order chi connectivity index (χ1) is 9.58. The fourth-order valence-electron chi connectivity index (χ4n) is 2.48. The van der Waals surface area contributed by atoms with Crippen molar-refractivity contribution in [1.82, 2.24) is 19.3 Å². The molecule has 0 amide bonds. The molecule has 0 saturated carbocycles. The maximum absolute atomic E-state index is 13.2. The Morgan fingerprint density at radius 1 is 1.40 bits per heavy atom. The molecule has 1 aromatic carbocycles. The first kappa shape index (κ1) is 13.1. The number of hydrogen-bond acceptors (Lipinski definition) is 2. The number of fused-ring (bicyclic) bond motifs is 1. The van der Waals surface area contributed by atoms with Gasteiger partial charge in [-0.15, -0.1) is 0 Å². The Kier molecular flexibility index (Phi) is 3.17. The molecule has 4 nitrogen and oxygen atoms in total. The smallest absolute Gasteiger partial charge is 0.178 e. The van der Waals surface area contributed by atoms with Gasteiger partial charge >= 0.3 is 0 Å². The minimum Gasteiger partial charge on any atom is -0.330 e. The molecule has 3 rings (SSSR count). The van der Waals surface area contributed by atoms with Gasteiger partial charge in [0.1, 0.15) is 5.82 Å². The molecule has 0 aliphatic rings. The van der Waals surface area contributed by atoms with Crippen LogP contribution in [0, 0.1) is 10.6 Å². The van der Waals surface area contributed by atoms with E-state index in [2.05, 4.69) is 17.0 Å². The van der Waals surface area contributed by atoms with E-state index in [1.165, 1.54) is 12.1 Å². The highest BCUT2D eigenvalue weighted by Crippen LogP contribution is 2.18. The predicted octanol–water partition coefficient (Wildman–Crippen LogP) is 3.18. The largest absolute Gasteiger partial charge is 0.330 e. The lowest BCUT2D eigenvalue weighted by molar-refractivity contribution is 0.629. The molecule has 0 saturated heterocycles. The van der Waals surface area contributed by atoms with Crippen molar-refractivity contribution in [3.63, 3.8) is 0 Å². The van der Waals surface area contributed by atoms with E-state index < -0.39 is 0 Å². The highest BCUT2D eigenvalue weighted by molar-refractivity contribution is 7.71. The van der Waals surface area contributed by atoms with Crippen LogP contribution in [0.1, 0.15) is 18.2 Å². The molecule has 0 atom stereocenters. The number of nitrogens with one attached hydrogen (secondary N) is 1. The predicted molar refractivity (Wildman–Crippen MR) is 78.8 cm³/mol. The van der Waals surface area contributed by atoms with E-state index in [0.29, 0.717) is 11.3 Å². The van der Waals surface area contributed by atoms with Crippen LogP contribution >= 0.6 is 12.2 Å². The molecule has 0 radical (unpaired) electrons. The van der Waals surface area contributed by atoms with Crippen molar-refractivity contribution in [2.45, 2.75) is 19.9 Å². The zero-order chi connectivity index (χ0) is 14.3. The molecule has 1 N–H and O–H groups in total. The first-order valence-corrected chi connectivity index (χ1v) is 6.88. The molecule has 0 spiro atoms. The molecular formula is C14H15FN4S. The summed E-state index contributed by atoms with van der Waals surface area (Å²) in [4.78, 5) is 3.04. The summed E-state index contributed by atoms with van der Waals surface area (Å²) in [7, 11) is 1.91. The number of aromatic amines is 1. The average molecular weight is 290 g/mol. The van der Waals surface area contributed by atoms with Gasteiger partial charge in [-0.25, -0.2) is 4.39 Å². The number of aromatic nitrogens is 4. The summed E-state index contributed by atoms with van der Waals surface area (Å²) in [6.45, 7) is 2.72. The van der Waals surface area contributed by atoms with E-state index in [9.17, 15) is 4.39 Å². The van der Waals surface area contributed by atoms with Gasteiger partial charge in [-0.3, -0.25) is 4.68 Å². The van der Waals surface area contributed by atoms with Gasteiger partial charge in [0, 0.05) is 18.8 Å². The zero-order valence-corrected chi connectivity index (χ0v) is 12.2. The van der Waals surface area contributed by atoms with Crippen molar-refractivity contribution in [3.8, 4) is 0 Å². The van der Waals surface area contributed by atoms with Crippen LogP contribution in [-0.2, 0) is 20.0 Å². The van der Waals surface area contributed by atoms with E-state index >= 15 is 0 Å². The van der Waals surface area contributed by atoms with Crippen LogP contribution in [0.15, 0.2) is 24.4 Å². The van der Waals surface area contributed by atoms with E-state index in [4.69, 9.17) is 12.2 Å². The lowest BCUT2D eigenvalue weighted by atomic mass is 10.2. The molecule has 0 aliphatic heterocycles. The minimum atomic E-state index is -0.267. The standard InChI is InChI=1S/C14H15FN4S/c1-3-11-9(7-18(2)17-11)8-19-13-5-4-10(15)6-12(13)16-14(19)20/h4-7H,3,8H2,1-2H3,(H,16,20). The highest BCUT2D eigenvalue weighted by atomic mass is 32.1. The number of H-pyrrole nitrogens is 1. The Labute approximate surface area is 120 Å². The summed E-state index contributed by atoms with van der Waals surface area (Å²) in [5, 5.41) is 4.43. The third-order valence-electron chi connectivity index (χ3n) is 3.39. The summed E-state index contributed by atoms with van der Waals surface area (Å²) in [5.41, 5.74) is 3.82. The molecular weight excluding hydrogens is 275 g/mol. The summed E-state index contributed by atoms with van der Waals surface area (Å²) >= 11 is 5.34. The van der Waals surface area contributed by atoms with Gasteiger partial charge in [0.2, 0.25) is 0 Å². The second-order valence-electron chi connectivity index (χ2n) is 4.81. The molecule has 3 aromatic rings. The summed E-state index contributed by atoms with van der Waals surface area (Å²) in [6, 6.07) is 4.66. The van der Waals surface area contributed by atoms with Crippen molar-refractivity contribution in [2.75, 3.05) is 0 Å². The summed E-state index contributed by atoms with van der Waals surface area (Å²) < 4.78 is 17.6. The van der Waals surface area contributed by atoms with Crippen LogP contribution in [0.5, 0.6) is 0 Å². The molecule has 6 heteroatoms. The Morgan fingerprint density at radius 2 is 2.20 bits per heavy atom. The van der Waals surface area contributed by atoms with Crippen molar-refractivity contribution in [2.24, 2.45) is 7.05 Å². The summed E-state index contributed by atoms with van der Waals surface area (Å²) in [6.07, 6.45) is 2.88. The van der Waals surface area contributed by atoms with Gasteiger partial charge in [-0.1, -0.05) is 6.92 Å². The monoisotopic (exact) mass is 290 g/mol. The van der Waals surface area contributed by atoms with Gasteiger partial charge in [0.05, 0.1) is 23.3 Å². The molecule has 0 unspecified atom stereocenters. The SMILES string of the molecule is CCc1nn(C)cc1Cn1c(=S)[nH]c2cc(F)ccc21. The average Bonchev–Trinajstić information content (AvgIpc) is 2.90. The number of hydrogen-bond donors (Lipinski definition) is 1. The number of imidazole rings is 1. The number of halogens is 1. The second-order valence-corrected chi connectivity index (χ2v) is 5.19. The number of benzene rings is 1. The van der Waals surface area contributed by atoms with Crippen LogP contribution in [0.3, 0.4) is 0 Å². The maximum atomic E-state index is 13.2. The Hall–Kier alpha value is -1.95. The lowest BCUT2D eigenvalue weighted by Crippen LogP contribution is -2.01. The fraction of sp³-hybridized carbons (Fsp3) is 0.286. The van der Waals surface area contributed by atoms with Gasteiger partial charge in [0.25, 0.3) is 0 Å². The van der Waals surface area contributed by atoms with Crippen molar-refractivity contribution >= 4 is 23.3 Å². The number of nitrogens with zero attached hydrogens (tertiary/aromatic N) is 3. The third kappa shape index (κ3) is 2.16. The molecule has 0 bridgehead atoms. The third-order valence-corrected chi connectivity index (χ3v) is 3.71. The van der Waals surface area contributed by atoms with Gasteiger partial charge in [-0.05, 0) is 36.8 Å². The Balaban J connectivity index is 2.10. The number of aryl methyl sites for hydroxylation is 2. The molecule has 0 fully saturated rings. The van der Waals surface area contributed by atoms with Gasteiger partial charge in [-0.2, -0.15) is 5.10 Å². The van der Waals surface area contributed by atoms with Crippen LogP contribution in [0.4, 0.5) is 4.39 Å². The van der Waals surface area contributed by atoms with Crippen molar-refractivity contribution in [3.05, 3.63) is 46.2 Å². The Bertz CT molecular complexity index is 827. The van der Waals surface area contributed by atoms with Gasteiger partial charge in [0.15, 0.2) is 4.77 Å². The second kappa shape index (κ2) is 4.86. The molecule has 2 aromatic heterocycles. The topological polar surface area (TPSA) is 38.5 Å². The normalized spacial score (nSPS) is 11.3. The van der Waals surface area contributed by atoms with E-state index in [1.54, 1.807) is 6.07 Å². The van der Waals surface area contributed by atoms with Crippen molar-refractivity contribution in [1.29, 1.82) is 0 Å². The zero-order valence-electron chi connectivity index (χ0n) is 11.4. The quantitative estimate of drug-likeness (QED) is 0.752. The van der Waals surface area contributed by atoms with Crippen molar-refractivity contribution < 1.29 is 4.39 Å². The molecule has 2 heterocycles. The van der Waals surface area contributed by atoms with E-state index in [-0.39, 0.29) is 5.82 Å².